The second-order valence-corrected chi connectivity index (χ2v) is 4.13. The summed E-state index contributed by atoms with van der Waals surface area (Å²) >= 11 is 0. The Balaban J connectivity index is 2.79. The maximum absolute atomic E-state index is 6.11. The van der Waals surface area contributed by atoms with Gasteiger partial charge in [0.2, 0.25) is 0 Å². The summed E-state index contributed by atoms with van der Waals surface area (Å²) in [5.74, 6) is 0. The Morgan fingerprint density at radius 1 is 1.25 bits per heavy atom. The highest BCUT2D eigenvalue weighted by molar-refractivity contribution is 5.15. The van der Waals surface area contributed by atoms with Gasteiger partial charge in [0, 0.05) is 18.4 Å². The Bertz CT molecular complexity index is 289. The molecule has 0 aliphatic heterocycles. The van der Waals surface area contributed by atoms with Crippen molar-refractivity contribution < 1.29 is 4.74 Å². The first-order chi connectivity index (χ1) is 7.69. The third-order valence-electron chi connectivity index (χ3n) is 2.85. The summed E-state index contributed by atoms with van der Waals surface area (Å²) in [6.07, 6.45) is 5.68. The zero-order chi connectivity index (χ0) is 12.0. The summed E-state index contributed by atoms with van der Waals surface area (Å²) < 4.78 is 5.99. The van der Waals surface area contributed by atoms with Crippen molar-refractivity contribution in [1.29, 1.82) is 0 Å². The van der Waals surface area contributed by atoms with Crippen molar-refractivity contribution in [3.05, 3.63) is 30.1 Å². The molecule has 0 aromatic carbocycles. The van der Waals surface area contributed by atoms with Crippen molar-refractivity contribution in [3.8, 4) is 0 Å². The van der Waals surface area contributed by atoms with E-state index in [-0.39, 0.29) is 18.2 Å². The van der Waals surface area contributed by atoms with E-state index < -0.39 is 0 Å². The average molecular weight is 222 g/mol. The number of nitrogens with two attached hydrogens (primary N) is 1. The fraction of sp³-hybridized carbons (Fsp3) is 0.615. The topological polar surface area (TPSA) is 48.1 Å². The molecule has 90 valence electrons. The number of hydrogen-bond acceptors (Lipinski definition) is 3. The molecule has 3 nitrogen and oxygen atoms in total. The minimum absolute atomic E-state index is 0.0250. The van der Waals surface area contributed by atoms with Gasteiger partial charge in [0.1, 0.15) is 0 Å². The Labute approximate surface area is 98.0 Å². The van der Waals surface area contributed by atoms with Crippen LogP contribution in [0.1, 0.15) is 45.3 Å². The molecule has 1 aromatic heterocycles. The van der Waals surface area contributed by atoms with E-state index >= 15 is 0 Å². The van der Waals surface area contributed by atoms with E-state index in [1.807, 2.05) is 12.1 Å². The SMILES string of the molecule is CCC(C)OC(c1ccncc1)C(N)CC. The molecule has 3 heteroatoms. The zero-order valence-electron chi connectivity index (χ0n) is 10.4. The van der Waals surface area contributed by atoms with E-state index in [2.05, 4.69) is 25.8 Å². The van der Waals surface area contributed by atoms with Gasteiger partial charge < -0.3 is 10.5 Å². The molecule has 16 heavy (non-hydrogen) atoms. The lowest BCUT2D eigenvalue weighted by Gasteiger charge is -2.26. The van der Waals surface area contributed by atoms with Gasteiger partial charge in [0.05, 0.1) is 12.2 Å². The minimum atomic E-state index is -0.0250. The van der Waals surface area contributed by atoms with E-state index in [1.165, 1.54) is 0 Å². The highest BCUT2D eigenvalue weighted by Crippen LogP contribution is 2.23. The number of ether oxygens (including phenoxy) is 1. The van der Waals surface area contributed by atoms with Crippen molar-refractivity contribution in [2.75, 3.05) is 0 Å². The molecule has 0 radical (unpaired) electrons. The van der Waals surface area contributed by atoms with Gasteiger partial charge in [-0.1, -0.05) is 13.8 Å². The maximum Gasteiger partial charge on any atom is 0.0980 e. The van der Waals surface area contributed by atoms with Crippen LogP contribution >= 0.6 is 0 Å². The molecule has 0 spiro atoms. The predicted octanol–water partition coefficient (Wildman–Crippen LogP) is 2.68. The van der Waals surface area contributed by atoms with Crippen LogP contribution in [0.3, 0.4) is 0 Å². The van der Waals surface area contributed by atoms with Crippen LogP contribution in [0.15, 0.2) is 24.5 Å². The Hall–Kier alpha value is -0.930. The number of aromatic nitrogens is 1. The first-order valence-electron chi connectivity index (χ1n) is 6.00. The van der Waals surface area contributed by atoms with Crippen LogP contribution in [0.5, 0.6) is 0 Å². The molecule has 1 rings (SSSR count). The molecular weight excluding hydrogens is 200 g/mol. The fourth-order valence-electron chi connectivity index (χ4n) is 1.54. The average Bonchev–Trinajstić information content (AvgIpc) is 2.35. The molecule has 0 bridgehead atoms. The first-order valence-corrected chi connectivity index (χ1v) is 6.00. The molecule has 1 aromatic rings. The van der Waals surface area contributed by atoms with Crippen molar-refractivity contribution in [2.24, 2.45) is 5.73 Å². The van der Waals surface area contributed by atoms with Gasteiger partial charge >= 0.3 is 0 Å². The lowest BCUT2D eigenvalue weighted by Crippen LogP contribution is -2.31. The van der Waals surface area contributed by atoms with Gasteiger partial charge in [0.15, 0.2) is 0 Å². The largest absolute Gasteiger partial charge is 0.369 e. The Morgan fingerprint density at radius 2 is 1.88 bits per heavy atom. The van der Waals surface area contributed by atoms with Crippen LogP contribution in [0.4, 0.5) is 0 Å². The van der Waals surface area contributed by atoms with Gasteiger partial charge in [-0.05, 0) is 37.5 Å². The Kier molecular flexibility index (Phi) is 5.43. The van der Waals surface area contributed by atoms with Crippen LogP contribution in [-0.4, -0.2) is 17.1 Å². The number of rotatable bonds is 6. The molecule has 3 unspecified atom stereocenters. The van der Waals surface area contributed by atoms with Crippen molar-refractivity contribution >= 4 is 0 Å². The summed E-state index contributed by atoms with van der Waals surface area (Å²) in [5.41, 5.74) is 7.22. The molecule has 3 atom stereocenters. The zero-order valence-corrected chi connectivity index (χ0v) is 10.4. The van der Waals surface area contributed by atoms with Crippen molar-refractivity contribution in [1.82, 2.24) is 4.98 Å². The lowest BCUT2D eigenvalue weighted by atomic mass is 10.0. The quantitative estimate of drug-likeness (QED) is 0.805. The summed E-state index contributed by atoms with van der Waals surface area (Å²) in [5, 5.41) is 0. The predicted molar refractivity (Wildman–Crippen MR) is 66.1 cm³/mol. The second-order valence-electron chi connectivity index (χ2n) is 4.13. The first kappa shape index (κ1) is 13.1. The third-order valence-corrected chi connectivity index (χ3v) is 2.85. The molecule has 0 aliphatic rings. The molecule has 2 N–H and O–H groups in total. The molecule has 0 saturated heterocycles. The van der Waals surface area contributed by atoms with Crippen LogP contribution in [-0.2, 0) is 4.74 Å². The monoisotopic (exact) mass is 222 g/mol. The van der Waals surface area contributed by atoms with E-state index in [0.29, 0.717) is 0 Å². The van der Waals surface area contributed by atoms with Gasteiger partial charge in [0.25, 0.3) is 0 Å². The molecule has 0 aliphatic carbocycles. The smallest absolute Gasteiger partial charge is 0.0980 e. The standard InChI is InChI=1S/C13H22N2O/c1-4-10(3)16-13(12(14)5-2)11-6-8-15-9-7-11/h6-10,12-13H,4-5,14H2,1-3H3. The van der Waals surface area contributed by atoms with E-state index in [4.69, 9.17) is 10.5 Å². The molecule has 0 saturated carbocycles. The normalized spacial score (nSPS) is 16.8. The number of hydrogen-bond donors (Lipinski definition) is 1. The van der Waals surface area contributed by atoms with Gasteiger partial charge in [-0.2, -0.15) is 0 Å². The summed E-state index contributed by atoms with van der Waals surface area (Å²) in [6.45, 7) is 6.28. The summed E-state index contributed by atoms with van der Waals surface area (Å²) in [4.78, 5) is 4.02. The minimum Gasteiger partial charge on any atom is -0.369 e. The van der Waals surface area contributed by atoms with Gasteiger partial charge in [-0.25, -0.2) is 0 Å². The number of nitrogens with zero attached hydrogens (tertiary/aromatic N) is 1. The van der Waals surface area contributed by atoms with Crippen LogP contribution < -0.4 is 5.73 Å². The van der Waals surface area contributed by atoms with Gasteiger partial charge in [-0.15, -0.1) is 0 Å². The van der Waals surface area contributed by atoms with Crippen molar-refractivity contribution in [3.63, 3.8) is 0 Å². The van der Waals surface area contributed by atoms with E-state index in [1.54, 1.807) is 12.4 Å². The van der Waals surface area contributed by atoms with Crippen LogP contribution in [0.2, 0.25) is 0 Å². The summed E-state index contributed by atoms with van der Waals surface area (Å²) in [7, 11) is 0. The molecule has 0 amide bonds. The van der Waals surface area contributed by atoms with Crippen molar-refractivity contribution in [2.45, 2.75) is 51.9 Å². The second kappa shape index (κ2) is 6.61. The maximum atomic E-state index is 6.11. The summed E-state index contributed by atoms with van der Waals surface area (Å²) in [6, 6.07) is 3.99. The van der Waals surface area contributed by atoms with Gasteiger partial charge in [-0.3, -0.25) is 4.98 Å². The highest BCUT2D eigenvalue weighted by atomic mass is 16.5. The van der Waals surface area contributed by atoms with E-state index in [0.717, 1.165) is 18.4 Å². The fourth-order valence-corrected chi connectivity index (χ4v) is 1.54. The molecule has 0 fully saturated rings. The highest BCUT2D eigenvalue weighted by Gasteiger charge is 2.20. The van der Waals surface area contributed by atoms with E-state index in [9.17, 15) is 0 Å². The Morgan fingerprint density at radius 3 is 2.38 bits per heavy atom. The number of pyridine rings is 1. The molecular formula is C13H22N2O. The van der Waals surface area contributed by atoms with Crippen LogP contribution in [0.25, 0.3) is 0 Å². The lowest BCUT2D eigenvalue weighted by molar-refractivity contribution is -0.0198. The third kappa shape index (κ3) is 3.58. The molecule has 1 heterocycles. The van der Waals surface area contributed by atoms with Crippen LogP contribution in [0, 0.1) is 0 Å².